The average Bonchev–Trinajstić information content (AvgIpc) is 3.05. The molecule has 7 nitrogen and oxygen atoms in total. The monoisotopic (exact) mass is 280 g/mol. The number of hydrogen-bond donors (Lipinski definition) is 2. The van der Waals surface area contributed by atoms with E-state index in [0.29, 0.717) is 6.54 Å². The first kappa shape index (κ1) is 14.4. The highest BCUT2D eigenvalue weighted by Gasteiger charge is 2.34. The summed E-state index contributed by atoms with van der Waals surface area (Å²) >= 11 is 0. The fourth-order valence-corrected chi connectivity index (χ4v) is 2.46. The number of nitrogens with one attached hydrogen (secondary N) is 2. The van der Waals surface area contributed by atoms with Crippen LogP contribution in [0.3, 0.4) is 0 Å². The average molecular weight is 280 g/mol. The molecule has 2 rings (SSSR count). The van der Waals surface area contributed by atoms with E-state index in [-0.39, 0.29) is 11.9 Å². The zero-order valence-corrected chi connectivity index (χ0v) is 12.0. The minimum atomic E-state index is -0.612. The summed E-state index contributed by atoms with van der Waals surface area (Å²) in [5.41, 5.74) is 0.972. The van der Waals surface area contributed by atoms with Crippen LogP contribution in [0.15, 0.2) is 6.20 Å². The molecule has 2 atom stereocenters. The Bertz CT molecular complexity index is 500. The van der Waals surface area contributed by atoms with Gasteiger partial charge in [-0.2, -0.15) is 0 Å². The molecule has 0 spiro atoms. The molecule has 20 heavy (non-hydrogen) atoms. The Morgan fingerprint density at radius 1 is 1.60 bits per heavy atom. The summed E-state index contributed by atoms with van der Waals surface area (Å²) in [6.07, 6.45) is 2.97. The van der Waals surface area contributed by atoms with Crippen LogP contribution in [0.2, 0.25) is 0 Å². The van der Waals surface area contributed by atoms with E-state index >= 15 is 0 Å². The van der Waals surface area contributed by atoms with Gasteiger partial charge in [0.25, 0.3) is 0 Å². The second-order valence-corrected chi connectivity index (χ2v) is 5.00. The minimum Gasteiger partial charge on any atom is -0.453 e. The van der Waals surface area contributed by atoms with E-state index in [1.165, 1.54) is 7.11 Å². The predicted octanol–water partition coefficient (Wildman–Crippen LogP) is 1.13. The standard InChI is InChI=1S/C13H20N4O3/c1-8-7-14-11(15-8)10-5-4-6-17(10)12(18)9(2)16-13(19)20-3/h7,9-10H,4-6H2,1-3H3,(H,14,15)(H,16,19). The van der Waals surface area contributed by atoms with Crippen molar-refractivity contribution in [3.8, 4) is 0 Å². The summed E-state index contributed by atoms with van der Waals surface area (Å²) < 4.78 is 4.51. The Morgan fingerprint density at radius 3 is 2.95 bits per heavy atom. The van der Waals surface area contributed by atoms with Crippen molar-refractivity contribution in [1.82, 2.24) is 20.2 Å². The van der Waals surface area contributed by atoms with E-state index in [9.17, 15) is 9.59 Å². The van der Waals surface area contributed by atoms with E-state index in [4.69, 9.17) is 0 Å². The molecule has 7 heteroatoms. The Morgan fingerprint density at radius 2 is 2.35 bits per heavy atom. The predicted molar refractivity (Wildman–Crippen MR) is 72.0 cm³/mol. The van der Waals surface area contributed by atoms with Crippen LogP contribution in [0.25, 0.3) is 0 Å². The van der Waals surface area contributed by atoms with Crippen LogP contribution in [0.5, 0.6) is 0 Å². The molecule has 0 bridgehead atoms. The third-order valence-electron chi connectivity index (χ3n) is 3.46. The number of methoxy groups -OCH3 is 1. The van der Waals surface area contributed by atoms with Crippen molar-refractivity contribution in [2.75, 3.05) is 13.7 Å². The molecule has 1 aromatic rings. The number of H-pyrrole nitrogens is 1. The number of carbonyl (C=O) groups excluding carboxylic acids is 2. The molecule has 1 saturated heterocycles. The van der Waals surface area contributed by atoms with Gasteiger partial charge in [0.15, 0.2) is 0 Å². The van der Waals surface area contributed by atoms with Crippen molar-refractivity contribution in [1.29, 1.82) is 0 Å². The van der Waals surface area contributed by atoms with E-state index in [0.717, 1.165) is 24.4 Å². The van der Waals surface area contributed by atoms with Gasteiger partial charge in [0.2, 0.25) is 5.91 Å². The summed E-state index contributed by atoms with van der Waals surface area (Å²) in [5, 5.41) is 2.50. The summed E-state index contributed by atoms with van der Waals surface area (Å²) in [6.45, 7) is 4.26. The van der Waals surface area contributed by atoms with E-state index in [2.05, 4.69) is 20.0 Å². The van der Waals surface area contributed by atoms with Gasteiger partial charge in [-0.3, -0.25) is 4.79 Å². The van der Waals surface area contributed by atoms with Crippen LogP contribution in [0.4, 0.5) is 4.79 Å². The van der Waals surface area contributed by atoms with Crippen LogP contribution in [0.1, 0.15) is 37.3 Å². The van der Waals surface area contributed by atoms with Gasteiger partial charge in [0, 0.05) is 18.4 Å². The van der Waals surface area contributed by atoms with Crippen molar-refractivity contribution in [2.45, 2.75) is 38.8 Å². The van der Waals surface area contributed by atoms with Gasteiger partial charge in [-0.15, -0.1) is 0 Å². The zero-order valence-electron chi connectivity index (χ0n) is 12.0. The van der Waals surface area contributed by atoms with E-state index in [1.807, 2.05) is 6.92 Å². The normalized spacial score (nSPS) is 19.8. The molecule has 2 N–H and O–H groups in total. The molecule has 0 aromatic carbocycles. The number of ether oxygens (including phenoxy) is 1. The second-order valence-electron chi connectivity index (χ2n) is 5.00. The van der Waals surface area contributed by atoms with E-state index in [1.54, 1.807) is 18.0 Å². The highest BCUT2D eigenvalue weighted by atomic mass is 16.5. The van der Waals surface area contributed by atoms with Crippen LogP contribution >= 0.6 is 0 Å². The zero-order chi connectivity index (χ0) is 14.7. The lowest BCUT2D eigenvalue weighted by atomic mass is 10.2. The van der Waals surface area contributed by atoms with Crippen LogP contribution in [-0.4, -0.2) is 46.6 Å². The van der Waals surface area contributed by atoms with Crippen molar-refractivity contribution in [3.63, 3.8) is 0 Å². The molecular weight excluding hydrogens is 260 g/mol. The maximum atomic E-state index is 12.4. The van der Waals surface area contributed by atoms with Gasteiger partial charge in [-0.25, -0.2) is 9.78 Å². The number of alkyl carbamates (subject to hydrolysis) is 1. The molecule has 0 aliphatic carbocycles. The molecule has 2 heterocycles. The number of likely N-dealkylation sites (tertiary alicyclic amines) is 1. The number of rotatable bonds is 3. The molecule has 110 valence electrons. The number of amides is 2. The molecule has 1 aliphatic rings. The molecular formula is C13H20N4O3. The summed E-state index contributed by atoms with van der Waals surface area (Å²) in [6, 6.07) is -0.655. The first-order valence-electron chi connectivity index (χ1n) is 6.69. The summed E-state index contributed by atoms with van der Waals surface area (Å²) in [7, 11) is 1.27. The van der Waals surface area contributed by atoms with Crippen LogP contribution < -0.4 is 5.32 Å². The Kier molecular flexibility index (Phi) is 4.26. The number of imidazole rings is 1. The maximum absolute atomic E-state index is 12.4. The molecule has 1 fully saturated rings. The first-order chi connectivity index (χ1) is 9.52. The van der Waals surface area contributed by atoms with Gasteiger partial charge < -0.3 is 19.9 Å². The minimum absolute atomic E-state index is 0.0434. The number of carbonyl (C=O) groups is 2. The lowest BCUT2D eigenvalue weighted by Crippen LogP contribution is -2.46. The summed E-state index contributed by atoms with van der Waals surface area (Å²) in [4.78, 5) is 32.8. The molecule has 2 amide bonds. The fourth-order valence-electron chi connectivity index (χ4n) is 2.46. The van der Waals surface area contributed by atoms with Crippen molar-refractivity contribution >= 4 is 12.0 Å². The van der Waals surface area contributed by atoms with Crippen molar-refractivity contribution in [3.05, 3.63) is 17.7 Å². The topological polar surface area (TPSA) is 87.3 Å². The largest absolute Gasteiger partial charge is 0.453 e. The molecule has 2 unspecified atom stereocenters. The molecule has 0 saturated carbocycles. The number of aromatic nitrogens is 2. The third-order valence-corrected chi connectivity index (χ3v) is 3.46. The van der Waals surface area contributed by atoms with Gasteiger partial charge in [-0.05, 0) is 26.7 Å². The Balaban J connectivity index is 2.06. The summed E-state index contributed by atoms with van der Waals surface area (Å²) in [5.74, 6) is 0.686. The highest BCUT2D eigenvalue weighted by Crippen LogP contribution is 2.30. The number of hydrogen-bond acceptors (Lipinski definition) is 4. The number of aromatic amines is 1. The number of nitrogens with zero attached hydrogens (tertiary/aromatic N) is 2. The van der Waals surface area contributed by atoms with E-state index < -0.39 is 12.1 Å². The Labute approximate surface area is 117 Å². The third kappa shape index (κ3) is 2.92. The van der Waals surface area contributed by atoms with Crippen LogP contribution in [-0.2, 0) is 9.53 Å². The Hall–Kier alpha value is -2.05. The molecule has 1 aromatic heterocycles. The SMILES string of the molecule is COC(=O)NC(C)C(=O)N1CCCC1c1ncc(C)[nH]1. The maximum Gasteiger partial charge on any atom is 0.407 e. The molecule has 0 radical (unpaired) electrons. The molecule has 1 aliphatic heterocycles. The lowest BCUT2D eigenvalue weighted by molar-refractivity contribution is -0.134. The quantitative estimate of drug-likeness (QED) is 0.868. The van der Waals surface area contributed by atoms with Crippen LogP contribution in [0, 0.1) is 6.92 Å². The van der Waals surface area contributed by atoms with Gasteiger partial charge in [0.05, 0.1) is 13.2 Å². The van der Waals surface area contributed by atoms with Crippen molar-refractivity contribution in [2.24, 2.45) is 0 Å². The second kappa shape index (κ2) is 5.94. The first-order valence-corrected chi connectivity index (χ1v) is 6.69. The van der Waals surface area contributed by atoms with Gasteiger partial charge in [0.1, 0.15) is 11.9 Å². The number of aryl methyl sites for hydroxylation is 1. The highest BCUT2D eigenvalue weighted by molar-refractivity contribution is 5.85. The lowest BCUT2D eigenvalue weighted by Gasteiger charge is -2.26. The van der Waals surface area contributed by atoms with Gasteiger partial charge >= 0.3 is 6.09 Å². The van der Waals surface area contributed by atoms with Crippen molar-refractivity contribution < 1.29 is 14.3 Å². The smallest absolute Gasteiger partial charge is 0.407 e. The fraction of sp³-hybridized carbons (Fsp3) is 0.615. The van der Waals surface area contributed by atoms with Gasteiger partial charge in [-0.1, -0.05) is 0 Å².